The van der Waals surface area contributed by atoms with Gasteiger partial charge in [0.25, 0.3) is 6.43 Å². The van der Waals surface area contributed by atoms with Crippen LogP contribution in [0.3, 0.4) is 0 Å². The van der Waals surface area contributed by atoms with Crippen molar-refractivity contribution in [1.29, 1.82) is 0 Å². The van der Waals surface area contributed by atoms with E-state index < -0.39 is 24.6 Å². The van der Waals surface area contributed by atoms with E-state index in [1.807, 2.05) is 0 Å². The van der Waals surface area contributed by atoms with Crippen molar-refractivity contribution in [3.05, 3.63) is 123 Å². The number of hydrogen-bond acceptors (Lipinski definition) is 7. The number of nitrogens with zero attached hydrogens (tertiary/aromatic N) is 2. The maximum atomic E-state index is 14.2. The van der Waals surface area contributed by atoms with Crippen molar-refractivity contribution in [3.63, 3.8) is 0 Å². The number of benzene rings is 3. The van der Waals surface area contributed by atoms with Crippen LogP contribution in [0, 0.1) is 5.92 Å². The van der Waals surface area contributed by atoms with Gasteiger partial charge in [-0.25, -0.2) is 18.4 Å². The number of carbonyl (C=O) groups is 2. The largest absolute Gasteiger partial charge is 0.493 e. The fourth-order valence-corrected chi connectivity index (χ4v) is 7.06. The number of ether oxygens (including phenoxy) is 4. The molecular formula is C40H42Cl2F2N2O6. The molecule has 6 rings (SSSR count). The number of fused-ring (bicyclic) bond motifs is 3. The molecule has 3 aromatic rings. The Balaban J connectivity index is 1.45. The van der Waals surface area contributed by atoms with Crippen LogP contribution in [0.25, 0.3) is 0 Å². The Bertz CT molecular complexity index is 1820. The van der Waals surface area contributed by atoms with Crippen LogP contribution in [0.15, 0.2) is 101 Å². The molecule has 3 aliphatic heterocycles. The van der Waals surface area contributed by atoms with Gasteiger partial charge in [-0.3, -0.25) is 9.80 Å². The number of alkyl halides is 2. The summed E-state index contributed by atoms with van der Waals surface area (Å²) in [5.74, 6) is 0.453. The standard InChI is InChI=1S/C40H42Cl2F2N2O6/c1-5-31(41)30(32(42)6-2)22-35(27-14-15-34(49-3)36(21-27)50-4)51-39(47)28-11-9-10-25(20-28)23-46(33-13-8-7-12-29(33)38(43)44)40(48)52-37-24-45-18-16-26(37)17-19-45/h5-15,20-21,26,35,37-38H,1,16-19,22-24H2,2-4H3/b31-30+,32-6+/t35-,37-/m0/s1. The van der Waals surface area contributed by atoms with Gasteiger partial charge in [0.15, 0.2) is 11.5 Å². The van der Waals surface area contributed by atoms with Crippen molar-refractivity contribution in [2.75, 3.05) is 38.8 Å². The highest BCUT2D eigenvalue weighted by Gasteiger charge is 2.38. The number of rotatable bonds is 14. The summed E-state index contributed by atoms with van der Waals surface area (Å²) in [7, 11) is 3.02. The minimum absolute atomic E-state index is 0.0320. The quantitative estimate of drug-likeness (QED) is 0.120. The number of para-hydroxylation sites is 1. The minimum atomic E-state index is -2.83. The molecule has 8 nitrogen and oxygen atoms in total. The highest BCUT2D eigenvalue weighted by molar-refractivity contribution is 6.36. The van der Waals surface area contributed by atoms with Crippen molar-refractivity contribution in [2.45, 2.75) is 51.4 Å². The second-order valence-electron chi connectivity index (χ2n) is 12.6. The number of amides is 1. The lowest BCUT2D eigenvalue weighted by atomic mass is 9.86. The third-order valence-corrected chi connectivity index (χ3v) is 10.3. The summed E-state index contributed by atoms with van der Waals surface area (Å²) in [5.41, 5.74) is 1.50. The molecule has 0 spiro atoms. The van der Waals surface area contributed by atoms with E-state index in [-0.39, 0.29) is 41.8 Å². The lowest BCUT2D eigenvalue weighted by Gasteiger charge is -2.44. The van der Waals surface area contributed by atoms with E-state index in [0.29, 0.717) is 44.8 Å². The highest BCUT2D eigenvalue weighted by atomic mass is 35.5. The third-order valence-electron chi connectivity index (χ3n) is 9.46. The van der Waals surface area contributed by atoms with Crippen molar-refractivity contribution in [2.24, 2.45) is 5.92 Å². The summed E-state index contributed by atoms with van der Waals surface area (Å²) in [6.07, 6.45) is 0.276. The molecule has 0 unspecified atom stereocenters. The second kappa shape index (κ2) is 17.9. The smallest absolute Gasteiger partial charge is 0.414 e. The summed E-state index contributed by atoms with van der Waals surface area (Å²) in [4.78, 5) is 31.2. The highest BCUT2D eigenvalue weighted by Crippen LogP contribution is 2.38. The number of esters is 1. The molecule has 52 heavy (non-hydrogen) atoms. The molecule has 3 fully saturated rings. The number of hydrogen-bond donors (Lipinski definition) is 0. The van der Waals surface area contributed by atoms with Crippen LogP contribution in [0.2, 0.25) is 0 Å². The molecule has 3 saturated heterocycles. The van der Waals surface area contributed by atoms with Crippen LogP contribution in [-0.2, 0) is 16.0 Å². The Morgan fingerprint density at radius 3 is 2.37 bits per heavy atom. The van der Waals surface area contributed by atoms with Gasteiger partial charge in [-0.2, -0.15) is 0 Å². The van der Waals surface area contributed by atoms with Crippen LogP contribution < -0.4 is 14.4 Å². The minimum Gasteiger partial charge on any atom is -0.493 e. The summed E-state index contributed by atoms with van der Waals surface area (Å²) >= 11 is 13.1. The Morgan fingerprint density at radius 2 is 1.73 bits per heavy atom. The van der Waals surface area contributed by atoms with Crippen molar-refractivity contribution >= 4 is 41.0 Å². The lowest BCUT2D eigenvalue weighted by molar-refractivity contribution is -0.0311. The van der Waals surface area contributed by atoms with E-state index in [2.05, 4.69) is 11.5 Å². The van der Waals surface area contributed by atoms with Gasteiger partial charge in [0.1, 0.15) is 12.2 Å². The molecule has 12 heteroatoms. The first-order valence-electron chi connectivity index (χ1n) is 17.0. The molecule has 1 amide bonds. The normalized spacial score (nSPS) is 19.4. The summed E-state index contributed by atoms with van der Waals surface area (Å²) in [6.45, 7) is 7.90. The van der Waals surface area contributed by atoms with Crippen LogP contribution in [0.5, 0.6) is 11.5 Å². The topological polar surface area (TPSA) is 77.5 Å². The van der Waals surface area contributed by atoms with E-state index in [4.69, 9.17) is 42.1 Å². The zero-order valence-electron chi connectivity index (χ0n) is 29.3. The predicted molar refractivity (Wildman–Crippen MR) is 198 cm³/mol. The van der Waals surface area contributed by atoms with E-state index in [9.17, 15) is 18.4 Å². The van der Waals surface area contributed by atoms with Gasteiger partial charge in [0.2, 0.25) is 0 Å². The average molecular weight is 756 g/mol. The van der Waals surface area contributed by atoms with Gasteiger partial charge in [-0.1, -0.05) is 78.3 Å². The molecular weight excluding hydrogens is 713 g/mol. The third kappa shape index (κ3) is 9.15. The van der Waals surface area contributed by atoms with Gasteiger partial charge >= 0.3 is 12.1 Å². The Labute approximate surface area is 313 Å². The van der Waals surface area contributed by atoms with Gasteiger partial charge in [0, 0.05) is 28.6 Å². The molecule has 3 heterocycles. The van der Waals surface area contributed by atoms with Gasteiger partial charge < -0.3 is 18.9 Å². The van der Waals surface area contributed by atoms with E-state index in [0.717, 1.165) is 25.9 Å². The summed E-state index contributed by atoms with van der Waals surface area (Å²) in [6, 6.07) is 17.5. The fourth-order valence-electron chi connectivity index (χ4n) is 6.65. The van der Waals surface area contributed by atoms with Gasteiger partial charge in [-0.15, -0.1) is 0 Å². The van der Waals surface area contributed by atoms with Crippen LogP contribution in [0.4, 0.5) is 19.3 Å². The Kier molecular flexibility index (Phi) is 13.4. The van der Waals surface area contributed by atoms with E-state index in [1.54, 1.807) is 61.5 Å². The van der Waals surface area contributed by atoms with Crippen molar-refractivity contribution in [1.82, 2.24) is 4.90 Å². The number of halogens is 4. The summed E-state index contributed by atoms with van der Waals surface area (Å²) < 4.78 is 51.5. The molecule has 0 radical (unpaired) electrons. The SMILES string of the molecule is C=C/C(Cl)=C(C[C@H](OC(=O)c1cccc(CN(C(=O)O[C@H]2CN3CCC2CC3)c2ccccc2C(F)F)c1)c1ccc(OC)c(OC)c1)\C(Cl)=C/C. The molecule has 0 saturated carbocycles. The molecule has 0 aromatic heterocycles. The number of methoxy groups -OCH3 is 2. The maximum absolute atomic E-state index is 14.2. The molecule has 2 bridgehead atoms. The van der Waals surface area contributed by atoms with Crippen molar-refractivity contribution < 1.29 is 37.3 Å². The molecule has 3 aliphatic rings. The van der Waals surface area contributed by atoms with E-state index >= 15 is 0 Å². The predicted octanol–water partition coefficient (Wildman–Crippen LogP) is 9.99. The average Bonchev–Trinajstić information content (AvgIpc) is 3.18. The second-order valence-corrected chi connectivity index (χ2v) is 13.4. The molecule has 2 atom stereocenters. The van der Waals surface area contributed by atoms with E-state index in [1.165, 1.54) is 43.4 Å². The maximum Gasteiger partial charge on any atom is 0.414 e. The zero-order valence-corrected chi connectivity index (χ0v) is 30.8. The first-order valence-corrected chi connectivity index (χ1v) is 17.7. The van der Waals surface area contributed by atoms with Gasteiger partial charge in [0.05, 0.1) is 32.0 Å². The monoisotopic (exact) mass is 754 g/mol. The number of allylic oxidation sites excluding steroid dienone is 4. The molecule has 0 N–H and O–H groups in total. The number of piperidine rings is 3. The Morgan fingerprint density at radius 1 is 1.00 bits per heavy atom. The van der Waals surface area contributed by atoms with Crippen LogP contribution in [-0.4, -0.2) is 56.9 Å². The number of anilines is 1. The van der Waals surface area contributed by atoms with Crippen LogP contribution >= 0.6 is 23.2 Å². The first kappa shape index (κ1) is 38.8. The van der Waals surface area contributed by atoms with Crippen molar-refractivity contribution in [3.8, 4) is 11.5 Å². The van der Waals surface area contributed by atoms with Gasteiger partial charge in [-0.05, 0) is 85.8 Å². The fraction of sp³-hybridized carbons (Fsp3) is 0.350. The lowest BCUT2D eigenvalue weighted by Crippen LogP contribution is -2.53. The first-order chi connectivity index (χ1) is 25.1. The molecule has 0 aliphatic carbocycles. The zero-order chi connectivity index (χ0) is 37.4. The molecule has 3 aromatic carbocycles. The molecule has 276 valence electrons. The summed E-state index contributed by atoms with van der Waals surface area (Å²) in [5, 5.41) is 0.656. The number of carbonyl (C=O) groups excluding carboxylic acids is 2. The van der Waals surface area contributed by atoms with Crippen LogP contribution in [0.1, 0.15) is 65.8 Å². The Hall–Kier alpha value is -4.38.